The van der Waals surface area contributed by atoms with Gasteiger partial charge in [-0.15, -0.1) is 0 Å². The van der Waals surface area contributed by atoms with Crippen molar-refractivity contribution in [3.8, 4) is 0 Å². The molecule has 1 N–H and O–H groups in total. The van der Waals surface area contributed by atoms with Gasteiger partial charge >= 0.3 is 0 Å². The molecule has 0 radical (unpaired) electrons. The summed E-state index contributed by atoms with van der Waals surface area (Å²) in [4.78, 5) is 0. The molecule has 2 aromatic rings. The van der Waals surface area contributed by atoms with Crippen LogP contribution in [0.4, 0.5) is 0 Å². The van der Waals surface area contributed by atoms with Gasteiger partial charge in [-0.05, 0) is 122 Å². The van der Waals surface area contributed by atoms with E-state index in [1.807, 2.05) is 60.7 Å². The largest absolute Gasteiger partial charge is 0.297 e. The Labute approximate surface area is 257 Å². The lowest BCUT2D eigenvalue weighted by atomic mass is 9.46. The molecule has 1 unspecified atom stereocenters. The van der Waals surface area contributed by atoms with Gasteiger partial charge in [0.2, 0.25) is 7.29 Å². The summed E-state index contributed by atoms with van der Waals surface area (Å²) >= 11 is 0. The maximum absolute atomic E-state index is 14.8. The third-order valence-corrected chi connectivity index (χ3v) is 15.6. The minimum Gasteiger partial charge on any atom is -0.297 e. The molecule has 2 aromatic carbocycles. The minimum absolute atomic E-state index is 0.160. The molecule has 0 aliphatic heterocycles. The predicted molar refractivity (Wildman–Crippen MR) is 180 cm³/mol. The van der Waals surface area contributed by atoms with Crippen molar-refractivity contribution in [2.45, 2.75) is 111 Å². The summed E-state index contributed by atoms with van der Waals surface area (Å²) < 4.78 is 14.8. The van der Waals surface area contributed by atoms with Crippen molar-refractivity contribution < 1.29 is 4.57 Å². The zero-order chi connectivity index (χ0) is 29.5. The topological polar surface area (TPSA) is 29.1 Å². The molecule has 0 bridgehead atoms. The van der Waals surface area contributed by atoms with Crippen LogP contribution in [0.15, 0.2) is 72.3 Å². The Bertz CT molecular complexity index is 1240. The van der Waals surface area contributed by atoms with Crippen LogP contribution in [0.2, 0.25) is 0 Å². The lowest BCUT2D eigenvalue weighted by molar-refractivity contribution is -0.0598. The lowest BCUT2D eigenvalue weighted by Crippen LogP contribution is -2.51. The third-order valence-electron chi connectivity index (χ3n) is 12.9. The van der Waals surface area contributed by atoms with Crippen LogP contribution < -0.4 is 15.7 Å². The summed E-state index contributed by atoms with van der Waals surface area (Å²) in [5.41, 5.74) is 2.53. The summed E-state index contributed by atoms with van der Waals surface area (Å²) in [5.74, 6) is 5.25. The first-order valence-corrected chi connectivity index (χ1v) is 19.1. The highest BCUT2D eigenvalue weighted by Crippen LogP contribution is 2.68. The van der Waals surface area contributed by atoms with Crippen molar-refractivity contribution in [1.29, 1.82) is 0 Å². The Morgan fingerprint density at radius 2 is 1.48 bits per heavy atom. The van der Waals surface area contributed by atoms with Crippen molar-refractivity contribution in [2.24, 2.45) is 46.3 Å². The first kappa shape index (κ1) is 30.4. The van der Waals surface area contributed by atoms with Gasteiger partial charge in [-0.25, -0.2) is 0 Å². The zero-order valence-electron chi connectivity index (χ0n) is 27.0. The normalized spacial score (nSPS) is 35.2. The molecular weight excluding hydrogens is 529 g/mol. The number of fused-ring (bicyclic) bond motifs is 5. The Morgan fingerprint density at radius 3 is 2.12 bits per heavy atom. The minimum atomic E-state index is -2.94. The summed E-state index contributed by atoms with van der Waals surface area (Å²) in [6.07, 6.45) is 17.4. The fourth-order valence-electron chi connectivity index (χ4n) is 10.7. The summed E-state index contributed by atoms with van der Waals surface area (Å²) in [6, 6.07) is 20.4. The fourth-order valence-corrected chi connectivity index (χ4v) is 13.1. The Hall–Kier alpha value is -1.63. The second-order valence-electron chi connectivity index (χ2n) is 15.6. The molecule has 0 spiro atoms. The van der Waals surface area contributed by atoms with E-state index in [-0.39, 0.29) is 6.04 Å². The molecule has 4 aliphatic rings. The number of benzene rings is 2. The highest BCUT2D eigenvalue weighted by molar-refractivity contribution is 7.76. The average Bonchev–Trinajstić information content (AvgIpc) is 3.35. The third kappa shape index (κ3) is 5.43. The molecule has 3 fully saturated rings. The van der Waals surface area contributed by atoms with Gasteiger partial charge in [0.05, 0.1) is 0 Å². The van der Waals surface area contributed by atoms with Gasteiger partial charge in [0.25, 0.3) is 0 Å². The Balaban J connectivity index is 1.19. The molecule has 4 aliphatic carbocycles. The van der Waals surface area contributed by atoms with Crippen LogP contribution >= 0.6 is 7.29 Å². The van der Waals surface area contributed by atoms with Gasteiger partial charge in [0.15, 0.2) is 0 Å². The number of hydrogen-bond donors (Lipinski definition) is 1. The molecule has 6 rings (SSSR count). The van der Waals surface area contributed by atoms with Crippen LogP contribution in [0.1, 0.15) is 105 Å². The number of rotatable bonds is 9. The summed E-state index contributed by atoms with van der Waals surface area (Å²) in [6.45, 7) is 12.7. The lowest BCUT2D eigenvalue weighted by Gasteiger charge is -2.59. The van der Waals surface area contributed by atoms with E-state index in [9.17, 15) is 4.57 Å². The van der Waals surface area contributed by atoms with Crippen LogP contribution in [0.5, 0.6) is 0 Å². The molecular formula is C39H56NOP. The van der Waals surface area contributed by atoms with E-state index < -0.39 is 7.29 Å². The molecule has 3 heteroatoms. The average molecular weight is 586 g/mol. The molecule has 228 valence electrons. The fraction of sp³-hybridized carbons (Fsp3) is 0.641. The van der Waals surface area contributed by atoms with Gasteiger partial charge in [-0.3, -0.25) is 9.65 Å². The van der Waals surface area contributed by atoms with Gasteiger partial charge in [-0.2, -0.15) is 0 Å². The van der Waals surface area contributed by atoms with Crippen LogP contribution in [0, 0.1) is 46.3 Å². The number of hydrogen-bond acceptors (Lipinski definition) is 1. The van der Waals surface area contributed by atoms with Gasteiger partial charge in [-0.1, -0.05) is 102 Å². The predicted octanol–water partition coefficient (Wildman–Crippen LogP) is 9.92. The van der Waals surface area contributed by atoms with E-state index in [4.69, 9.17) is 0 Å². The Kier molecular flexibility index (Phi) is 8.72. The smallest absolute Gasteiger partial charge is 0.205 e. The maximum Gasteiger partial charge on any atom is 0.205 e. The van der Waals surface area contributed by atoms with Crippen molar-refractivity contribution in [2.75, 3.05) is 0 Å². The molecule has 0 saturated heterocycles. The van der Waals surface area contributed by atoms with Crippen LogP contribution in [-0.4, -0.2) is 6.04 Å². The molecule has 2 nitrogen and oxygen atoms in total. The van der Waals surface area contributed by atoms with Crippen LogP contribution in [0.3, 0.4) is 0 Å². The molecule has 0 amide bonds. The first-order chi connectivity index (χ1) is 20.1. The Morgan fingerprint density at radius 1 is 0.810 bits per heavy atom. The van der Waals surface area contributed by atoms with Gasteiger partial charge < -0.3 is 0 Å². The van der Waals surface area contributed by atoms with Gasteiger partial charge in [0.1, 0.15) is 0 Å². The van der Waals surface area contributed by atoms with E-state index in [1.54, 1.807) is 5.57 Å². The molecule has 0 aromatic heterocycles. The molecule has 8 atom stereocenters. The molecule has 42 heavy (non-hydrogen) atoms. The van der Waals surface area contributed by atoms with E-state index in [2.05, 4.69) is 45.8 Å². The van der Waals surface area contributed by atoms with E-state index in [0.717, 1.165) is 52.5 Å². The van der Waals surface area contributed by atoms with Crippen LogP contribution in [-0.2, 0) is 4.57 Å². The summed E-state index contributed by atoms with van der Waals surface area (Å²) in [7, 11) is -2.94. The first-order valence-electron chi connectivity index (χ1n) is 17.4. The number of nitrogens with one attached hydrogen (secondary N) is 1. The van der Waals surface area contributed by atoms with E-state index in [0.29, 0.717) is 10.8 Å². The second-order valence-corrected chi connectivity index (χ2v) is 18.1. The summed E-state index contributed by atoms with van der Waals surface area (Å²) in [5, 5.41) is 5.57. The highest BCUT2D eigenvalue weighted by Gasteiger charge is 2.59. The maximum atomic E-state index is 14.8. The van der Waals surface area contributed by atoms with E-state index in [1.165, 1.54) is 64.2 Å². The molecule has 3 saturated carbocycles. The monoisotopic (exact) mass is 585 g/mol. The van der Waals surface area contributed by atoms with Crippen molar-refractivity contribution in [1.82, 2.24) is 5.09 Å². The van der Waals surface area contributed by atoms with Crippen molar-refractivity contribution in [3.05, 3.63) is 72.3 Å². The quantitative estimate of drug-likeness (QED) is 0.234. The SMILES string of the molecule is CC(C)CCC[C@@H](C)[C@H]1CC[C@H]2[C@@H]3CCC4=CC(NP(=O)(c5ccccc5)c5ccccc5)CC[C@]4(C)[C@H]3CC[C@]12C. The van der Waals surface area contributed by atoms with Crippen LogP contribution in [0.25, 0.3) is 0 Å². The zero-order valence-corrected chi connectivity index (χ0v) is 27.9. The van der Waals surface area contributed by atoms with Gasteiger partial charge in [0, 0.05) is 16.7 Å². The molecule has 0 heterocycles. The van der Waals surface area contributed by atoms with Crippen molar-refractivity contribution >= 4 is 17.9 Å². The number of allylic oxidation sites excluding steroid dienone is 1. The standard InChI is InChI=1S/C39H56NOP/c1-28(2)13-12-14-29(3)35-21-22-36-34-20-19-30-27-31(23-25-38(30,4)37(34)24-26-39(35,36)5)40-42(41,32-15-8-6-9-16-32)33-17-10-7-11-18-33/h6-11,15-18,27-29,31,34-37H,12-14,19-26H2,1-5H3,(H,40,41)/t29-,31?,34+,35-,36+,37+,38+,39-/m1/s1. The second kappa shape index (κ2) is 12.0. The highest BCUT2D eigenvalue weighted by atomic mass is 31.2. The van der Waals surface area contributed by atoms with E-state index >= 15 is 0 Å². The van der Waals surface area contributed by atoms with Crippen molar-refractivity contribution in [3.63, 3.8) is 0 Å².